The molecule has 12 heavy (non-hydrogen) atoms. The molecular formula is C8H13BrN2O. The van der Waals surface area contributed by atoms with E-state index >= 15 is 0 Å². The fraction of sp³-hybridized carbons (Fsp3) is 0.875. The van der Waals surface area contributed by atoms with Crippen molar-refractivity contribution >= 4 is 20.6 Å². The van der Waals surface area contributed by atoms with E-state index in [1.54, 1.807) is 0 Å². The summed E-state index contributed by atoms with van der Waals surface area (Å²) in [6, 6.07) is 0. The number of nitrogens with zero attached hydrogens (tertiary/aromatic N) is 1. The van der Waals surface area contributed by atoms with Crippen LogP contribution in [0, 0.1) is 5.92 Å². The molecule has 0 bridgehead atoms. The van der Waals surface area contributed by atoms with E-state index in [2.05, 4.69) is 26.4 Å². The summed E-state index contributed by atoms with van der Waals surface area (Å²) >= 11 is 3.35. The molecule has 0 aromatic heterocycles. The second-order valence-electron chi connectivity index (χ2n) is 3.40. The fourth-order valence-electron chi connectivity index (χ4n) is 1.83. The molecule has 0 amide bonds. The number of nitrogens with one attached hydrogen (secondary N) is 1. The molecule has 1 saturated heterocycles. The molecule has 0 aliphatic carbocycles. The Morgan fingerprint density at radius 1 is 1.42 bits per heavy atom. The molecule has 3 nitrogen and oxygen atoms in total. The summed E-state index contributed by atoms with van der Waals surface area (Å²) in [6.07, 6.45) is 3.74. The lowest BCUT2D eigenvalue weighted by atomic mass is 9.91. The van der Waals surface area contributed by atoms with Gasteiger partial charge < -0.3 is 10.2 Å². The predicted molar refractivity (Wildman–Crippen MR) is 51.4 cm³/mol. The van der Waals surface area contributed by atoms with Gasteiger partial charge in [0.05, 0.1) is 0 Å². The Hall–Kier alpha value is -0.0900. The van der Waals surface area contributed by atoms with E-state index in [0.717, 1.165) is 24.1 Å². The minimum Gasteiger partial charge on any atom is -0.391 e. The number of rotatable bonds is 1. The van der Waals surface area contributed by atoms with E-state index in [9.17, 15) is 0 Å². The first kappa shape index (κ1) is 8.51. The number of oxime groups is 1. The van der Waals surface area contributed by atoms with Gasteiger partial charge in [-0.25, -0.2) is 0 Å². The lowest BCUT2D eigenvalue weighted by Gasteiger charge is -2.25. The minimum absolute atomic E-state index is 0.335. The first-order chi connectivity index (χ1) is 5.86. The Morgan fingerprint density at radius 2 is 2.17 bits per heavy atom. The van der Waals surface area contributed by atoms with Gasteiger partial charge in [0.25, 0.3) is 0 Å². The van der Waals surface area contributed by atoms with Crippen molar-refractivity contribution in [1.82, 2.24) is 5.32 Å². The van der Waals surface area contributed by atoms with Crippen LogP contribution in [0.25, 0.3) is 0 Å². The highest BCUT2D eigenvalue weighted by Gasteiger charge is 2.29. The van der Waals surface area contributed by atoms with Crippen LogP contribution in [0.2, 0.25) is 0 Å². The van der Waals surface area contributed by atoms with Crippen LogP contribution >= 0.6 is 15.9 Å². The molecule has 1 N–H and O–H groups in total. The lowest BCUT2D eigenvalue weighted by Crippen LogP contribution is -2.34. The monoisotopic (exact) mass is 232 g/mol. The smallest absolute Gasteiger partial charge is 0.136 e. The zero-order valence-electron chi connectivity index (χ0n) is 6.92. The molecule has 1 unspecified atom stereocenters. The van der Waals surface area contributed by atoms with E-state index in [-0.39, 0.29) is 0 Å². The second-order valence-corrected chi connectivity index (χ2v) is 4.32. The third-order valence-electron chi connectivity index (χ3n) is 2.57. The zero-order chi connectivity index (χ0) is 8.39. The molecule has 2 aliphatic rings. The summed E-state index contributed by atoms with van der Waals surface area (Å²) in [6.45, 7) is 2.25. The summed E-state index contributed by atoms with van der Waals surface area (Å²) in [7, 11) is 0. The highest BCUT2D eigenvalue weighted by Crippen LogP contribution is 2.26. The first-order valence-electron chi connectivity index (χ1n) is 4.45. The van der Waals surface area contributed by atoms with Crippen molar-refractivity contribution in [3.05, 3.63) is 0 Å². The van der Waals surface area contributed by atoms with Gasteiger partial charge in [-0.3, -0.25) is 0 Å². The van der Waals surface area contributed by atoms with Gasteiger partial charge in [-0.1, -0.05) is 5.16 Å². The van der Waals surface area contributed by atoms with Gasteiger partial charge in [-0.2, -0.15) is 0 Å². The first-order valence-corrected chi connectivity index (χ1v) is 5.24. The van der Waals surface area contributed by atoms with Crippen molar-refractivity contribution in [3.8, 4) is 0 Å². The van der Waals surface area contributed by atoms with E-state index < -0.39 is 0 Å². The summed E-state index contributed by atoms with van der Waals surface area (Å²) in [4.78, 5) is 5.32. The topological polar surface area (TPSA) is 33.6 Å². The normalized spacial score (nSPS) is 31.4. The molecule has 2 heterocycles. The van der Waals surface area contributed by atoms with Crippen molar-refractivity contribution in [2.75, 3.05) is 13.1 Å². The van der Waals surface area contributed by atoms with Crippen LogP contribution in [0.4, 0.5) is 0 Å². The number of halogens is 1. The van der Waals surface area contributed by atoms with Crippen LogP contribution in [-0.4, -0.2) is 23.8 Å². The number of piperidine rings is 1. The standard InChI is InChI=1S/C8H13BrN2O/c9-8-5-7(12-11-8)6-1-3-10-4-2-6/h6-7,10H,1-5H2. The lowest BCUT2D eigenvalue weighted by molar-refractivity contribution is 0.0293. The van der Waals surface area contributed by atoms with E-state index in [1.165, 1.54) is 12.8 Å². The SMILES string of the molecule is BrC1=NOC(C2CCNCC2)C1. The van der Waals surface area contributed by atoms with Gasteiger partial charge >= 0.3 is 0 Å². The van der Waals surface area contributed by atoms with Crippen LogP contribution in [-0.2, 0) is 4.84 Å². The molecule has 4 heteroatoms. The minimum atomic E-state index is 0.335. The molecule has 0 saturated carbocycles. The molecule has 0 aromatic rings. The maximum Gasteiger partial charge on any atom is 0.136 e. The van der Waals surface area contributed by atoms with Crippen LogP contribution in [0.15, 0.2) is 5.16 Å². The molecule has 1 fully saturated rings. The highest BCUT2D eigenvalue weighted by atomic mass is 79.9. The van der Waals surface area contributed by atoms with Gasteiger partial charge in [0.1, 0.15) is 10.7 Å². The van der Waals surface area contributed by atoms with Crippen LogP contribution in [0.1, 0.15) is 19.3 Å². The van der Waals surface area contributed by atoms with Crippen molar-refractivity contribution < 1.29 is 4.84 Å². The van der Waals surface area contributed by atoms with Crippen LogP contribution < -0.4 is 5.32 Å². The Kier molecular flexibility index (Phi) is 2.66. The third kappa shape index (κ3) is 1.80. The van der Waals surface area contributed by atoms with Crippen molar-refractivity contribution in [3.63, 3.8) is 0 Å². The van der Waals surface area contributed by atoms with Gasteiger partial charge in [0.2, 0.25) is 0 Å². The molecule has 2 aliphatic heterocycles. The largest absolute Gasteiger partial charge is 0.391 e. The van der Waals surface area contributed by atoms with Gasteiger partial charge in [0, 0.05) is 12.3 Å². The molecular weight excluding hydrogens is 220 g/mol. The van der Waals surface area contributed by atoms with Crippen LogP contribution in [0.3, 0.4) is 0 Å². The molecule has 1 atom stereocenters. The Labute approximate surface area is 80.7 Å². The summed E-state index contributed by atoms with van der Waals surface area (Å²) in [5, 5.41) is 7.25. The Bertz CT molecular complexity index is 189. The number of hydrogen-bond donors (Lipinski definition) is 1. The van der Waals surface area contributed by atoms with Crippen molar-refractivity contribution in [2.45, 2.75) is 25.4 Å². The van der Waals surface area contributed by atoms with Crippen LogP contribution in [0.5, 0.6) is 0 Å². The fourth-order valence-corrected chi connectivity index (χ4v) is 2.24. The van der Waals surface area contributed by atoms with Gasteiger partial charge in [-0.05, 0) is 41.9 Å². The van der Waals surface area contributed by atoms with Gasteiger partial charge in [0.15, 0.2) is 0 Å². The molecule has 0 radical (unpaired) electrons. The maximum absolute atomic E-state index is 5.32. The Morgan fingerprint density at radius 3 is 2.75 bits per heavy atom. The highest BCUT2D eigenvalue weighted by molar-refractivity contribution is 9.18. The quantitative estimate of drug-likeness (QED) is 0.744. The van der Waals surface area contributed by atoms with Gasteiger partial charge in [-0.15, -0.1) is 0 Å². The number of hydrogen-bond acceptors (Lipinski definition) is 3. The van der Waals surface area contributed by atoms with E-state index in [4.69, 9.17) is 4.84 Å². The third-order valence-corrected chi connectivity index (χ3v) is 3.03. The van der Waals surface area contributed by atoms with Crippen molar-refractivity contribution in [2.24, 2.45) is 11.1 Å². The van der Waals surface area contributed by atoms with E-state index in [1.807, 2.05) is 0 Å². The molecule has 2 rings (SSSR count). The maximum atomic E-state index is 5.32. The van der Waals surface area contributed by atoms with E-state index in [0.29, 0.717) is 12.0 Å². The summed E-state index contributed by atoms with van der Waals surface area (Å²) < 4.78 is 0.964. The van der Waals surface area contributed by atoms with Crippen molar-refractivity contribution in [1.29, 1.82) is 0 Å². The second kappa shape index (κ2) is 3.75. The predicted octanol–water partition coefficient (Wildman–Crippen LogP) is 1.48. The zero-order valence-corrected chi connectivity index (χ0v) is 8.51. The molecule has 0 spiro atoms. The summed E-state index contributed by atoms with van der Waals surface area (Å²) in [5.74, 6) is 0.699. The Balaban J connectivity index is 1.85. The molecule has 68 valence electrons. The average Bonchev–Trinajstić information content (AvgIpc) is 2.54. The summed E-state index contributed by atoms with van der Waals surface area (Å²) in [5.41, 5.74) is 0. The molecule has 0 aromatic carbocycles. The average molecular weight is 233 g/mol.